The van der Waals surface area contributed by atoms with Crippen LogP contribution >= 0.6 is 0 Å². The SMILES string of the molecule is C=C[C@@H](C)[C@@H](O[Si](C)(C)C(C)(C)C)[C@@H](C)COS(=O)(=O)c1ccc(C)cc1. The first-order chi connectivity index (χ1) is 12.2. The number of benzene rings is 1. The summed E-state index contributed by atoms with van der Waals surface area (Å²) in [6.07, 6.45) is 1.72. The highest BCUT2D eigenvalue weighted by Crippen LogP contribution is 2.39. The topological polar surface area (TPSA) is 52.6 Å². The summed E-state index contributed by atoms with van der Waals surface area (Å²) in [4.78, 5) is 0.180. The van der Waals surface area contributed by atoms with E-state index in [1.807, 2.05) is 19.9 Å². The maximum atomic E-state index is 12.5. The van der Waals surface area contributed by atoms with Crippen LogP contribution in [-0.2, 0) is 18.7 Å². The summed E-state index contributed by atoms with van der Waals surface area (Å²) in [7, 11) is -5.79. The van der Waals surface area contributed by atoms with Crippen LogP contribution in [-0.4, -0.2) is 29.4 Å². The van der Waals surface area contributed by atoms with Gasteiger partial charge in [-0.2, -0.15) is 8.42 Å². The Hall–Kier alpha value is -0.953. The van der Waals surface area contributed by atoms with Gasteiger partial charge in [0, 0.05) is 5.92 Å². The molecule has 6 heteroatoms. The standard InChI is InChI=1S/C21H36O4SSi/c1-10-17(3)20(25-27(8,9)21(5,6)7)18(4)15-24-26(22,23)19-13-11-16(2)12-14-19/h10-14,17-18,20H,1,15H2,2-9H3/t17-,18+,20-/m1/s1. The van der Waals surface area contributed by atoms with Gasteiger partial charge in [-0.25, -0.2) is 0 Å². The number of rotatable bonds is 9. The molecule has 0 aliphatic heterocycles. The molecule has 0 aliphatic rings. The molecular formula is C21H36O4SSi. The molecule has 4 nitrogen and oxygen atoms in total. The molecule has 0 heterocycles. The van der Waals surface area contributed by atoms with Crippen LogP contribution in [0.3, 0.4) is 0 Å². The van der Waals surface area contributed by atoms with Crippen LogP contribution in [0.2, 0.25) is 18.1 Å². The van der Waals surface area contributed by atoms with Crippen LogP contribution < -0.4 is 0 Å². The molecule has 1 aromatic carbocycles. The van der Waals surface area contributed by atoms with Gasteiger partial charge in [-0.1, -0.05) is 58.4 Å². The van der Waals surface area contributed by atoms with Gasteiger partial charge in [0.1, 0.15) is 0 Å². The highest BCUT2D eigenvalue weighted by atomic mass is 32.2. The Morgan fingerprint density at radius 2 is 1.67 bits per heavy atom. The van der Waals surface area contributed by atoms with Gasteiger partial charge < -0.3 is 4.43 Å². The monoisotopic (exact) mass is 412 g/mol. The predicted octanol–water partition coefficient (Wildman–Crippen LogP) is 5.55. The van der Waals surface area contributed by atoms with E-state index in [2.05, 4.69) is 47.4 Å². The van der Waals surface area contributed by atoms with Crippen molar-refractivity contribution in [3.05, 3.63) is 42.5 Å². The second kappa shape index (κ2) is 9.03. The van der Waals surface area contributed by atoms with Gasteiger partial charge in [-0.3, -0.25) is 4.18 Å². The van der Waals surface area contributed by atoms with Crippen LogP contribution in [0.15, 0.2) is 41.8 Å². The molecule has 154 valence electrons. The Kier molecular flexibility index (Phi) is 8.06. The molecule has 1 rings (SSSR count). The first-order valence-corrected chi connectivity index (χ1v) is 13.8. The van der Waals surface area contributed by atoms with Gasteiger partial charge in [0.05, 0.1) is 17.6 Å². The normalized spacial score (nSPS) is 16.6. The summed E-state index contributed by atoms with van der Waals surface area (Å²) >= 11 is 0. The Balaban J connectivity index is 2.92. The summed E-state index contributed by atoms with van der Waals surface area (Å²) in [5.74, 6) is 0.00662. The highest BCUT2D eigenvalue weighted by molar-refractivity contribution is 7.86. The summed E-state index contributed by atoms with van der Waals surface area (Å²) in [6.45, 7) is 20.9. The lowest BCUT2D eigenvalue weighted by molar-refractivity contribution is 0.0678. The maximum Gasteiger partial charge on any atom is 0.296 e. The predicted molar refractivity (Wildman–Crippen MR) is 115 cm³/mol. The summed E-state index contributed by atoms with van der Waals surface area (Å²) in [5.41, 5.74) is 1.00. The zero-order valence-corrected chi connectivity index (χ0v) is 19.9. The van der Waals surface area contributed by atoms with E-state index in [0.717, 1.165) is 5.56 Å². The molecule has 0 radical (unpaired) electrons. The quantitative estimate of drug-likeness (QED) is 0.303. The summed E-state index contributed by atoms with van der Waals surface area (Å²) < 4.78 is 36.9. The molecule has 0 spiro atoms. The molecule has 0 saturated heterocycles. The van der Waals surface area contributed by atoms with Crippen molar-refractivity contribution in [3.8, 4) is 0 Å². The van der Waals surface area contributed by atoms with Crippen LogP contribution in [0.1, 0.15) is 40.2 Å². The first kappa shape index (κ1) is 24.1. The van der Waals surface area contributed by atoms with Gasteiger partial charge in [0.25, 0.3) is 10.1 Å². The van der Waals surface area contributed by atoms with Crippen molar-refractivity contribution < 1.29 is 17.0 Å². The lowest BCUT2D eigenvalue weighted by Gasteiger charge is -2.42. The minimum atomic E-state index is -3.78. The fraction of sp³-hybridized carbons (Fsp3) is 0.619. The van der Waals surface area contributed by atoms with Crippen LogP contribution in [0.5, 0.6) is 0 Å². The lowest BCUT2D eigenvalue weighted by atomic mass is 9.94. The van der Waals surface area contributed by atoms with E-state index < -0.39 is 18.4 Å². The van der Waals surface area contributed by atoms with Crippen molar-refractivity contribution in [2.75, 3.05) is 6.61 Å². The Bertz CT molecular complexity index is 718. The molecule has 27 heavy (non-hydrogen) atoms. The molecule has 0 fully saturated rings. The Labute approximate surface area is 167 Å². The minimum Gasteiger partial charge on any atom is -0.413 e. The second-order valence-electron chi connectivity index (χ2n) is 8.97. The van der Waals surface area contributed by atoms with Gasteiger partial charge in [-0.15, -0.1) is 6.58 Å². The molecule has 0 aliphatic carbocycles. The molecule has 0 saturated carbocycles. The fourth-order valence-corrected chi connectivity index (χ4v) is 4.94. The molecule has 0 aromatic heterocycles. The molecule has 0 amide bonds. The van der Waals surface area contributed by atoms with Crippen molar-refractivity contribution >= 4 is 18.4 Å². The molecule has 1 aromatic rings. The van der Waals surface area contributed by atoms with Crippen molar-refractivity contribution in [1.29, 1.82) is 0 Å². The van der Waals surface area contributed by atoms with Gasteiger partial charge >= 0.3 is 0 Å². The van der Waals surface area contributed by atoms with Crippen molar-refractivity contribution in [3.63, 3.8) is 0 Å². The van der Waals surface area contributed by atoms with E-state index in [1.54, 1.807) is 24.3 Å². The van der Waals surface area contributed by atoms with Crippen molar-refractivity contribution in [2.24, 2.45) is 11.8 Å². The second-order valence-corrected chi connectivity index (χ2v) is 15.3. The fourth-order valence-electron chi connectivity index (χ4n) is 2.46. The summed E-state index contributed by atoms with van der Waals surface area (Å²) in [5, 5.41) is 0.0701. The maximum absolute atomic E-state index is 12.5. The van der Waals surface area contributed by atoms with Gasteiger partial charge in [0.2, 0.25) is 0 Å². The third-order valence-corrected chi connectivity index (χ3v) is 11.3. The largest absolute Gasteiger partial charge is 0.413 e. The van der Waals surface area contributed by atoms with Gasteiger partial charge in [0.15, 0.2) is 8.32 Å². The number of aryl methyl sites for hydroxylation is 1. The van der Waals surface area contributed by atoms with Crippen LogP contribution in [0.4, 0.5) is 0 Å². The third kappa shape index (κ3) is 6.56. The summed E-state index contributed by atoms with van der Waals surface area (Å²) in [6, 6.07) is 6.68. The molecule has 0 unspecified atom stereocenters. The van der Waals surface area contributed by atoms with Crippen LogP contribution in [0, 0.1) is 18.8 Å². The zero-order valence-electron chi connectivity index (χ0n) is 18.1. The number of hydrogen-bond acceptors (Lipinski definition) is 4. The lowest BCUT2D eigenvalue weighted by Crippen LogP contribution is -2.47. The minimum absolute atomic E-state index is 0.0701. The van der Waals surface area contributed by atoms with E-state index in [-0.39, 0.29) is 34.5 Å². The van der Waals surface area contributed by atoms with E-state index in [4.69, 9.17) is 8.61 Å². The average molecular weight is 413 g/mol. The van der Waals surface area contributed by atoms with E-state index in [0.29, 0.717) is 0 Å². The molecular weight excluding hydrogens is 376 g/mol. The van der Waals surface area contributed by atoms with E-state index in [1.165, 1.54) is 0 Å². The molecule has 3 atom stereocenters. The molecule has 0 N–H and O–H groups in total. The Morgan fingerprint density at radius 3 is 2.11 bits per heavy atom. The Morgan fingerprint density at radius 1 is 1.15 bits per heavy atom. The van der Waals surface area contributed by atoms with E-state index >= 15 is 0 Å². The highest BCUT2D eigenvalue weighted by Gasteiger charge is 2.41. The van der Waals surface area contributed by atoms with Crippen LogP contribution in [0.25, 0.3) is 0 Å². The average Bonchev–Trinajstić information content (AvgIpc) is 2.56. The zero-order chi connectivity index (χ0) is 21.0. The first-order valence-electron chi connectivity index (χ1n) is 9.48. The van der Waals surface area contributed by atoms with E-state index in [9.17, 15) is 8.42 Å². The van der Waals surface area contributed by atoms with Gasteiger partial charge in [-0.05, 0) is 43.1 Å². The number of hydrogen-bond donors (Lipinski definition) is 0. The smallest absolute Gasteiger partial charge is 0.296 e. The third-order valence-electron chi connectivity index (χ3n) is 5.48. The van der Waals surface area contributed by atoms with Crippen molar-refractivity contribution in [1.82, 2.24) is 0 Å². The van der Waals surface area contributed by atoms with Crippen molar-refractivity contribution in [2.45, 2.75) is 70.7 Å². The molecule has 0 bridgehead atoms.